The fourth-order valence-electron chi connectivity index (χ4n) is 3.88. The van der Waals surface area contributed by atoms with E-state index in [1.807, 2.05) is 53.1 Å². The summed E-state index contributed by atoms with van der Waals surface area (Å²) < 4.78 is 4.44. The maximum absolute atomic E-state index is 13.0. The number of benzene rings is 1. The molecule has 0 fully saturated rings. The third-order valence-electron chi connectivity index (χ3n) is 5.69. The molecule has 1 aromatic carbocycles. The van der Waals surface area contributed by atoms with Gasteiger partial charge in [0.15, 0.2) is 0 Å². The lowest BCUT2D eigenvalue weighted by Crippen LogP contribution is -2.26. The van der Waals surface area contributed by atoms with E-state index in [1.54, 1.807) is 4.57 Å². The normalized spacial score (nSPS) is 12.6. The van der Waals surface area contributed by atoms with Gasteiger partial charge < -0.3 is 5.32 Å². The number of hydrogen-bond acceptors (Lipinski definition) is 5. The lowest BCUT2D eigenvalue weighted by atomic mass is 10.1. The number of rotatable bonds is 9. The number of nitrogens with zero attached hydrogens (tertiary/aromatic N) is 4. The van der Waals surface area contributed by atoms with Crippen molar-refractivity contribution in [3.8, 4) is 0 Å². The summed E-state index contributed by atoms with van der Waals surface area (Å²) in [6.45, 7) is 6.89. The van der Waals surface area contributed by atoms with Gasteiger partial charge in [-0.25, -0.2) is 0 Å². The zero-order valence-corrected chi connectivity index (χ0v) is 19.6. The molecule has 0 saturated carbocycles. The maximum Gasteiger partial charge on any atom is 0.272 e. The molecule has 8 heteroatoms. The Labute approximate surface area is 191 Å². The molecule has 0 spiro atoms. The molecule has 0 bridgehead atoms. The third-order valence-corrected chi connectivity index (χ3v) is 6.58. The van der Waals surface area contributed by atoms with Crippen molar-refractivity contribution in [3.05, 3.63) is 63.5 Å². The van der Waals surface area contributed by atoms with Gasteiger partial charge in [-0.1, -0.05) is 44.2 Å². The molecule has 1 atom stereocenters. The number of carbonyl (C=O) groups is 1. The minimum atomic E-state index is -0.0292. The molecule has 0 aliphatic carbocycles. The Morgan fingerprint density at radius 3 is 2.66 bits per heavy atom. The van der Waals surface area contributed by atoms with E-state index >= 15 is 0 Å². The first-order chi connectivity index (χ1) is 15.5. The van der Waals surface area contributed by atoms with Gasteiger partial charge in [0, 0.05) is 19.4 Å². The van der Waals surface area contributed by atoms with E-state index in [2.05, 4.69) is 29.4 Å². The Balaban J connectivity index is 1.49. The average Bonchev–Trinajstić information content (AvgIpc) is 3.41. The van der Waals surface area contributed by atoms with Gasteiger partial charge in [0.2, 0.25) is 11.7 Å². The first-order valence-electron chi connectivity index (χ1n) is 11.1. The van der Waals surface area contributed by atoms with Crippen LogP contribution in [0.1, 0.15) is 57.5 Å². The van der Waals surface area contributed by atoms with Crippen LogP contribution in [-0.2, 0) is 17.8 Å². The Hall–Kier alpha value is -3.00. The van der Waals surface area contributed by atoms with E-state index in [9.17, 15) is 9.59 Å². The van der Waals surface area contributed by atoms with Crippen molar-refractivity contribution < 1.29 is 4.79 Å². The second-order valence-corrected chi connectivity index (χ2v) is 9.50. The van der Waals surface area contributed by atoms with Crippen LogP contribution in [0.3, 0.4) is 0 Å². The predicted octanol–water partition coefficient (Wildman–Crippen LogP) is 4.35. The van der Waals surface area contributed by atoms with E-state index in [4.69, 9.17) is 0 Å². The Bertz CT molecular complexity index is 1270. The summed E-state index contributed by atoms with van der Waals surface area (Å²) in [5.74, 6) is 1.87. The topological polar surface area (TPSA) is 81.3 Å². The average molecular weight is 452 g/mol. The molecule has 3 heterocycles. The molecule has 0 saturated heterocycles. The Kier molecular flexibility index (Phi) is 6.69. The molecular weight excluding hydrogens is 422 g/mol. The monoisotopic (exact) mass is 451 g/mol. The van der Waals surface area contributed by atoms with Crippen LogP contribution in [0, 0.1) is 5.92 Å². The lowest BCUT2D eigenvalue weighted by Gasteiger charge is -2.14. The molecule has 0 aliphatic heterocycles. The standard InChI is InChI=1S/C24H29N5O2S/c1-16(2)12-14-28-23(31)22-19(13-15-32-22)29-20(26-27-24(28)29)10-7-11-21(30)25-17(3)18-8-5-4-6-9-18/h4-6,8-9,13,15-17H,7,10-12,14H2,1-3H3,(H,25,30)/t17-/m0/s1. The number of amides is 1. The summed E-state index contributed by atoms with van der Waals surface area (Å²) in [6, 6.07) is 11.9. The maximum atomic E-state index is 13.0. The Morgan fingerprint density at radius 2 is 1.91 bits per heavy atom. The smallest absolute Gasteiger partial charge is 0.272 e. The highest BCUT2D eigenvalue weighted by Gasteiger charge is 2.18. The minimum absolute atomic E-state index is 0.00335. The zero-order valence-electron chi connectivity index (χ0n) is 18.7. The van der Waals surface area contributed by atoms with Crippen LogP contribution in [0.15, 0.2) is 46.6 Å². The third kappa shape index (κ3) is 4.60. The largest absolute Gasteiger partial charge is 0.350 e. The van der Waals surface area contributed by atoms with Crippen molar-refractivity contribution >= 4 is 33.2 Å². The molecule has 32 heavy (non-hydrogen) atoms. The molecule has 4 aromatic rings. The van der Waals surface area contributed by atoms with Gasteiger partial charge in [-0.15, -0.1) is 21.5 Å². The number of thiophene rings is 1. The Morgan fingerprint density at radius 1 is 1.12 bits per heavy atom. The summed E-state index contributed by atoms with van der Waals surface area (Å²) in [7, 11) is 0. The summed E-state index contributed by atoms with van der Waals surface area (Å²) >= 11 is 1.45. The van der Waals surface area contributed by atoms with Crippen LogP contribution in [0.5, 0.6) is 0 Å². The highest BCUT2D eigenvalue weighted by Crippen LogP contribution is 2.21. The van der Waals surface area contributed by atoms with Gasteiger partial charge in [0.1, 0.15) is 10.5 Å². The van der Waals surface area contributed by atoms with E-state index in [0.717, 1.165) is 28.0 Å². The van der Waals surface area contributed by atoms with Gasteiger partial charge in [0.25, 0.3) is 5.56 Å². The van der Waals surface area contributed by atoms with Crippen molar-refractivity contribution in [3.63, 3.8) is 0 Å². The first-order valence-corrected chi connectivity index (χ1v) is 12.0. The van der Waals surface area contributed by atoms with Crippen LogP contribution in [-0.4, -0.2) is 25.1 Å². The van der Waals surface area contributed by atoms with Gasteiger partial charge in [-0.05, 0) is 42.7 Å². The van der Waals surface area contributed by atoms with Crippen LogP contribution in [0.4, 0.5) is 0 Å². The predicted molar refractivity (Wildman–Crippen MR) is 128 cm³/mol. The molecule has 7 nitrogen and oxygen atoms in total. The van der Waals surface area contributed by atoms with E-state index in [1.165, 1.54) is 11.3 Å². The molecule has 4 rings (SSSR count). The lowest BCUT2D eigenvalue weighted by molar-refractivity contribution is -0.121. The summed E-state index contributed by atoms with van der Waals surface area (Å²) in [5.41, 5.74) is 1.93. The summed E-state index contributed by atoms with van der Waals surface area (Å²) in [4.78, 5) is 25.4. The molecule has 1 N–H and O–H groups in total. The molecule has 0 radical (unpaired) electrons. The van der Waals surface area contributed by atoms with Crippen LogP contribution < -0.4 is 10.9 Å². The zero-order chi connectivity index (χ0) is 22.7. The molecule has 168 valence electrons. The highest BCUT2D eigenvalue weighted by atomic mass is 32.1. The van der Waals surface area contributed by atoms with Crippen LogP contribution in [0.2, 0.25) is 0 Å². The number of fused-ring (bicyclic) bond motifs is 3. The summed E-state index contributed by atoms with van der Waals surface area (Å²) in [6.07, 6.45) is 2.58. The minimum Gasteiger partial charge on any atom is -0.350 e. The van der Waals surface area contributed by atoms with Crippen molar-refractivity contribution in [2.24, 2.45) is 5.92 Å². The van der Waals surface area contributed by atoms with Crippen molar-refractivity contribution in [2.45, 2.75) is 59.0 Å². The fourth-order valence-corrected chi connectivity index (χ4v) is 4.70. The van der Waals surface area contributed by atoms with Crippen LogP contribution >= 0.6 is 11.3 Å². The van der Waals surface area contributed by atoms with Gasteiger partial charge in [0.05, 0.1) is 11.6 Å². The molecule has 0 unspecified atom stereocenters. The molecular formula is C24H29N5O2S. The second-order valence-electron chi connectivity index (χ2n) is 8.58. The summed E-state index contributed by atoms with van der Waals surface area (Å²) in [5, 5.41) is 13.7. The fraction of sp³-hybridized carbons (Fsp3) is 0.417. The van der Waals surface area contributed by atoms with E-state index in [-0.39, 0.29) is 17.5 Å². The quantitative estimate of drug-likeness (QED) is 0.410. The second kappa shape index (κ2) is 9.65. The van der Waals surface area contributed by atoms with E-state index < -0.39 is 0 Å². The number of aryl methyl sites for hydroxylation is 2. The number of nitrogens with one attached hydrogen (secondary N) is 1. The van der Waals surface area contributed by atoms with Crippen molar-refractivity contribution in [1.29, 1.82) is 0 Å². The SMILES string of the molecule is CC(C)CCn1c(=O)c2sccc2n2c(CCCC(=O)N[C@@H](C)c3ccccc3)nnc12. The number of hydrogen-bond donors (Lipinski definition) is 1. The van der Waals surface area contributed by atoms with Gasteiger partial charge in [-0.3, -0.25) is 18.6 Å². The number of carbonyl (C=O) groups excluding carboxylic acids is 1. The van der Waals surface area contributed by atoms with Gasteiger partial charge >= 0.3 is 0 Å². The molecule has 0 aliphatic rings. The first kappa shape index (κ1) is 22.2. The van der Waals surface area contributed by atoms with Gasteiger partial charge in [-0.2, -0.15) is 0 Å². The molecule has 3 aromatic heterocycles. The van der Waals surface area contributed by atoms with Crippen LogP contribution in [0.25, 0.3) is 16.0 Å². The number of aromatic nitrogens is 4. The highest BCUT2D eigenvalue weighted by molar-refractivity contribution is 7.17. The van der Waals surface area contributed by atoms with Crippen molar-refractivity contribution in [1.82, 2.24) is 24.5 Å². The van der Waals surface area contributed by atoms with E-state index in [0.29, 0.717) is 37.5 Å². The molecule has 1 amide bonds. The van der Waals surface area contributed by atoms with Crippen molar-refractivity contribution in [2.75, 3.05) is 0 Å².